The number of aromatic nitrogens is 1. The first kappa shape index (κ1) is 11.9. The topological polar surface area (TPSA) is 85.2 Å². The molecule has 0 spiro atoms. The highest BCUT2D eigenvalue weighted by Gasteiger charge is 2.21. The first-order chi connectivity index (χ1) is 8.22. The maximum Gasteiger partial charge on any atom is 0.267 e. The number of piperidine rings is 1. The van der Waals surface area contributed by atoms with Crippen LogP contribution in [0.4, 0.5) is 5.69 Å². The fraction of sp³-hybridized carbons (Fsp3) is 0.500. The maximum atomic E-state index is 11.1. The summed E-state index contributed by atoms with van der Waals surface area (Å²) >= 11 is 0. The lowest BCUT2D eigenvalue weighted by molar-refractivity contribution is 0.0995. The molecule has 1 unspecified atom stereocenters. The Hall–Kier alpha value is -1.62. The van der Waals surface area contributed by atoms with Gasteiger partial charge in [-0.1, -0.05) is 0 Å². The molecule has 0 aliphatic carbocycles. The lowest BCUT2D eigenvalue weighted by atomic mass is 10.0. The van der Waals surface area contributed by atoms with Crippen molar-refractivity contribution in [3.8, 4) is 0 Å². The van der Waals surface area contributed by atoms with Crippen LogP contribution in [0.15, 0.2) is 18.3 Å². The second-order valence-electron chi connectivity index (χ2n) is 4.34. The quantitative estimate of drug-likeness (QED) is 0.797. The number of pyridine rings is 1. The SMILES string of the molecule is NCC1CCCCN1c1ccnc(C(N)=O)c1. The second kappa shape index (κ2) is 5.14. The van der Waals surface area contributed by atoms with E-state index >= 15 is 0 Å². The van der Waals surface area contributed by atoms with Crippen LogP contribution < -0.4 is 16.4 Å². The molecule has 2 rings (SSSR count). The molecule has 2 heterocycles. The van der Waals surface area contributed by atoms with Gasteiger partial charge in [0, 0.05) is 31.0 Å². The molecule has 5 nitrogen and oxygen atoms in total. The number of nitrogens with two attached hydrogens (primary N) is 2. The first-order valence-corrected chi connectivity index (χ1v) is 5.95. The molecule has 1 atom stereocenters. The molecule has 92 valence electrons. The van der Waals surface area contributed by atoms with E-state index in [1.807, 2.05) is 6.07 Å². The van der Waals surface area contributed by atoms with E-state index in [1.165, 1.54) is 6.42 Å². The average Bonchev–Trinajstić information content (AvgIpc) is 2.39. The van der Waals surface area contributed by atoms with Crippen molar-refractivity contribution in [2.24, 2.45) is 11.5 Å². The normalized spacial score (nSPS) is 20.3. The van der Waals surface area contributed by atoms with Gasteiger partial charge in [-0.25, -0.2) is 0 Å². The Morgan fingerprint density at radius 2 is 2.35 bits per heavy atom. The molecule has 1 fully saturated rings. The zero-order chi connectivity index (χ0) is 12.3. The maximum absolute atomic E-state index is 11.1. The third kappa shape index (κ3) is 2.55. The Labute approximate surface area is 101 Å². The fourth-order valence-electron chi connectivity index (χ4n) is 2.32. The third-order valence-electron chi connectivity index (χ3n) is 3.23. The highest BCUT2D eigenvalue weighted by atomic mass is 16.1. The van der Waals surface area contributed by atoms with E-state index in [4.69, 9.17) is 11.5 Å². The molecule has 1 saturated heterocycles. The molecule has 4 N–H and O–H groups in total. The van der Waals surface area contributed by atoms with E-state index in [9.17, 15) is 4.79 Å². The number of nitrogens with zero attached hydrogens (tertiary/aromatic N) is 2. The number of amides is 1. The molecular formula is C12H18N4O. The second-order valence-corrected chi connectivity index (χ2v) is 4.34. The van der Waals surface area contributed by atoms with Gasteiger partial charge >= 0.3 is 0 Å². The summed E-state index contributed by atoms with van der Waals surface area (Å²) in [6.07, 6.45) is 5.10. The summed E-state index contributed by atoms with van der Waals surface area (Å²) in [7, 11) is 0. The Balaban J connectivity index is 2.25. The van der Waals surface area contributed by atoms with Crippen LogP contribution >= 0.6 is 0 Å². The number of hydrogen-bond donors (Lipinski definition) is 2. The third-order valence-corrected chi connectivity index (χ3v) is 3.23. The van der Waals surface area contributed by atoms with Gasteiger partial charge in [-0.2, -0.15) is 0 Å². The van der Waals surface area contributed by atoms with E-state index in [0.717, 1.165) is 25.1 Å². The molecule has 17 heavy (non-hydrogen) atoms. The Bertz CT molecular complexity index is 407. The minimum atomic E-state index is -0.492. The van der Waals surface area contributed by atoms with Gasteiger partial charge in [-0.3, -0.25) is 9.78 Å². The van der Waals surface area contributed by atoms with Crippen LogP contribution in [-0.2, 0) is 0 Å². The minimum Gasteiger partial charge on any atom is -0.367 e. The molecule has 0 saturated carbocycles. The van der Waals surface area contributed by atoms with Gasteiger partial charge in [0.05, 0.1) is 0 Å². The van der Waals surface area contributed by atoms with E-state index in [1.54, 1.807) is 12.3 Å². The van der Waals surface area contributed by atoms with E-state index in [2.05, 4.69) is 9.88 Å². The Kier molecular flexibility index (Phi) is 3.58. The van der Waals surface area contributed by atoms with Crippen molar-refractivity contribution in [3.63, 3.8) is 0 Å². The molecule has 1 amide bonds. The Morgan fingerprint density at radius 1 is 1.53 bits per heavy atom. The molecular weight excluding hydrogens is 216 g/mol. The highest BCUT2D eigenvalue weighted by molar-refractivity contribution is 5.91. The van der Waals surface area contributed by atoms with Gasteiger partial charge in [0.15, 0.2) is 0 Å². The van der Waals surface area contributed by atoms with Crippen molar-refractivity contribution in [2.75, 3.05) is 18.0 Å². The summed E-state index contributed by atoms with van der Waals surface area (Å²) < 4.78 is 0. The molecule has 1 aliphatic rings. The zero-order valence-electron chi connectivity index (χ0n) is 9.80. The monoisotopic (exact) mass is 234 g/mol. The lowest BCUT2D eigenvalue weighted by Crippen LogP contribution is -2.44. The van der Waals surface area contributed by atoms with Crippen LogP contribution in [0.1, 0.15) is 29.8 Å². The summed E-state index contributed by atoms with van der Waals surface area (Å²) in [5.74, 6) is -0.492. The molecule has 1 aromatic heterocycles. The molecule has 0 radical (unpaired) electrons. The van der Waals surface area contributed by atoms with Crippen LogP contribution in [-0.4, -0.2) is 30.0 Å². The lowest BCUT2D eigenvalue weighted by Gasteiger charge is -2.37. The van der Waals surface area contributed by atoms with Gasteiger partial charge in [0.1, 0.15) is 5.69 Å². The summed E-state index contributed by atoms with van der Waals surface area (Å²) in [5.41, 5.74) is 12.3. The fourth-order valence-corrected chi connectivity index (χ4v) is 2.32. The van der Waals surface area contributed by atoms with Gasteiger partial charge in [-0.15, -0.1) is 0 Å². The van der Waals surface area contributed by atoms with E-state index in [0.29, 0.717) is 18.3 Å². The summed E-state index contributed by atoms with van der Waals surface area (Å²) in [4.78, 5) is 17.3. The summed E-state index contributed by atoms with van der Waals surface area (Å²) in [5, 5.41) is 0. The zero-order valence-corrected chi connectivity index (χ0v) is 9.80. The number of primary amides is 1. The largest absolute Gasteiger partial charge is 0.367 e. The van der Waals surface area contributed by atoms with Crippen molar-refractivity contribution < 1.29 is 4.79 Å². The predicted molar refractivity (Wildman–Crippen MR) is 66.8 cm³/mol. The number of hydrogen-bond acceptors (Lipinski definition) is 4. The van der Waals surface area contributed by atoms with Crippen molar-refractivity contribution >= 4 is 11.6 Å². The van der Waals surface area contributed by atoms with Gasteiger partial charge in [0.2, 0.25) is 0 Å². The van der Waals surface area contributed by atoms with Crippen LogP contribution in [0, 0.1) is 0 Å². The van der Waals surface area contributed by atoms with Gasteiger partial charge in [0.25, 0.3) is 5.91 Å². The number of carbonyl (C=O) groups excluding carboxylic acids is 1. The van der Waals surface area contributed by atoms with Crippen LogP contribution in [0.5, 0.6) is 0 Å². The minimum absolute atomic E-state index is 0.309. The molecule has 1 aliphatic heterocycles. The van der Waals surface area contributed by atoms with Crippen LogP contribution in [0.25, 0.3) is 0 Å². The standard InChI is InChI=1S/C12H18N4O/c13-8-10-3-1-2-6-16(10)9-4-5-15-11(7-9)12(14)17/h4-5,7,10H,1-3,6,8,13H2,(H2,14,17). The van der Waals surface area contributed by atoms with Gasteiger partial charge in [-0.05, 0) is 31.4 Å². The molecule has 5 heteroatoms. The van der Waals surface area contributed by atoms with Crippen LogP contribution in [0.3, 0.4) is 0 Å². The van der Waals surface area contributed by atoms with E-state index in [-0.39, 0.29) is 0 Å². The summed E-state index contributed by atoms with van der Waals surface area (Å²) in [6, 6.07) is 4.00. The molecule has 1 aromatic rings. The van der Waals surface area contributed by atoms with Crippen molar-refractivity contribution in [1.82, 2.24) is 4.98 Å². The first-order valence-electron chi connectivity index (χ1n) is 5.95. The average molecular weight is 234 g/mol. The van der Waals surface area contributed by atoms with Gasteiger partial charge < -0.3 is 16.4 Å². The molecule has 0 aromatic carbocycles. The smallest absolute Gasteiger partial charge is 0.267 e. The molecule has 0 bridgehead atoms. The van der Waals surface area contributed by atoms with Crippen molar-refractivity contribution in [2.45, 2.75) is 25.3 Å². The number of rotatable bonds is 3. The van der Waals surface area contributed by atoms with Crippen molar-refractivity contribution in [3.05, 3.63) is 24.0 Å². The summed E-state index contributed by atoms with van der Waals surface area (Å²) in [6.45, 7) is 1.61. The highest BCUT2D eigenvalue weighted by Crippen LogP contribution is 2.24. The number of anilines is 1. The predicted octanol–water partition coefficient (Wildman–Crippen LogP) is 0.498. The van der Waals surface area contributed by atoms with E-state index < -0.39 is 5.91 Å². The van der Waals surface area contributed by atoms with Crippen molar-refractivity contribution in [1.29, 1.82) is 0 Å². The number of carbonyl (C=O) groups is 1. The Morgan fingerprint density at radius 3 is 3.06 bits per heavy atom. The van der Waals surface area contributed by atoms with Crippen LogP contribution in [0.2, 0.25) is 0 Å².